The smallest absolute Gasteiger partial charge is 0.260 e. The van der Waals surface area contributed by atoms with Crippen molar-refractivity contribution in [2.75, 3.05) is 6.54 Å². The molecule has 1 aliphatic heterocycles. The topological polar surface area (TPSA) is 99.6 Å². The Labute approximate surface area is 226 Å². The van der Waals surface area contributed by atoms with Crippen LogP contribution < -0.4 is 5.32 Å². The maximum Gasteiger partial charge on any atom is 0.260 e. The molecule has 2 heterocycles. The van der Waals surface area contributed by atoms with Crippen LogP contribution in [0.5, 0.6) is 0 Å². The molecule has 0 saturated carbocycles. The van der Waals surface area contributed by atoms with E-state index in [0.717, 1.165) is 16.7 Å². The first-order valence-corrected chi connectivity index (χ1v) is 14.7. The van der Waals surface area contributed by atoms with E-state index < -0.39 is 22.2 Å². The zero-order valence-corrected chi connectivity index (χ0v) is 23.0. The summed E-state index contributed by atoms with van der Waals surface area (Å²) in [4.78, 5) is 17.7. The number of aromatic nitrogens is 1. The summed E-state index contributed by atoms with van der Waals surface area (Å²) < 4.78 is 27.8. The Hall–Kier alpha value is -3.07. The predicted octanol–water partition coefficient (Wildman–Crippen LogP) is 4.60. The summed E-state index contributed by atoms with van der Waals surface area (Å²) in [6, 6.07) is 22.0. The van der Waals surface area contributed by atoms with E-state index in [0.29, 0.717) is 19.3 Å². The molecule has 0 bridgehead atoms. The Kier molecular flexibility index (Phi) is 8.97. The van der Waals surface area contributed by atoms with Gasteiger partial charge in [0.1, 0.15) is 0 Å². The molecule has 4 atom stereocenters. The summed E-state index contributed by atoms with van der Waals surface area (Å²) in [6.07, 6.45) is 2.03. The van der Waals surface area contributed by atoms with Crippen LogP contribution >= 0.6 is 0 Å². The van der Waals surface area contributed by atoms with Crippen LogP contribution in [0.25, 0.3) is 11.1 Å². The van der Waals surface area contributed by atoms with Crippen LogP contribution in [-0.4, -0.2) is 53.5 Å². The molecule has 4 rings (SSSR count). The first-order valence-electron chi connectivity index (χ1n) is 13.2. The lowest BCUT2D eigenvalue weighted by Crippen LogP contribution is -2.49. The van der Waals surface area contributed by atoms with Crippen molar-refractivity contribution in [1.82, 2.24) is 14.6 Å². The first-order chi connectivity index (χ1) is 18.2. The third kappa shape index (κ3) is 6.49. The first kappa shape index (κ1) is 28.0. The van der Waals surface area contributed by atoms with Crippen LogP contribution in [0, 0.1) is 5.92 Å². The molecular formula is C30H37N3O4S. The lowest BCUT2D eigenvalue weighted by atomic mass is 9.87. The third-order valence-corrected chi connectivity index (χ3v) is 9.07. The van der Waals surface area contributed by atoms with Crippen LogP contribution in [0.15, 0.2) is 84.0 Å². The molecular weight excluding hydrogens is 498 g/mol. The number of rotatable bonds is 8. The van der Waals surface area contributed by atoms with Crippen LogP contribution in [0.2, 0.25) is 0 Å². The molecule has 1 fully saturated rings. The lowest BCUT2D eigenvalue weighted by molar-refractivity contribution is -0.124. The van der Waals surface area contributed by atoms with Gasteiger partial charge in [-0.25, -0.2) is 13.4 Å². The second kappa shape index (κ2) is 12.2. The van der Waals surface area contributed by atoms with Gasteiger partial charge in [0, 0.05) is 18.8 Å². The molecule has 7 nitrogen and oxygen atoms in total. The van der Waals surface area contributed by atoms with Crippen molar-refractivity contribution in [3.05, 3.63) is 84.6 Å². The standard InChI is InChI=1S/C30H37N3O4S/c1-21(2)18-26(25-13-9-12-24(19-25)23-10-5-4-6-11-23)30(35)32-27-16-15-22(3)33(20-28(27)34)38(36,37)29-14-7-8-17-31-29/h4-14,17,19,21-22,26-28,34H,15-16,18,20H2,1-3H3,(H,32,35). The van der Waals surface area contributed by atoms with E-state index in [2.05, 4.69) is 30.2 Å². The van der Waals surface area contributed by atoms with Crippen molar-refractivity contribution in [2.45, 2.75) is 69.2 Å². The zero-order chi connectivity index (χ0) is 27.3. The Morgan fingerprint density at radius 3 is 2.42 bits per heavy atom. The highest BCUT2D eigenvalue weighted by Gasteiger charge is 2.38. The molecule has 0 aliphatic carbocycles. The second-order valence-corrected chi connectivity index (χ2v) is 12.4. The van der Waals surface area contributed by atoms with Gasteiger partial charge in [0.15, 0.2) is 5.03 Å². The number of carbonyl (C=O) groups excluding carboxylic acids is 1. The van der Waals surface area contributed by atoms with E-state index in [1.54, 1.807) is 12.1 Å². The molecule has 0 spiro atoms. The number of aliphatic hydroxyl groups excluding tert-OH is 1. The summed E-state index contributed by atoms with van der Waals surface area (Å²) in [7, 11) is -3.88. The van der Waals surface area contributed by atoms with Gasteiger partial charge in [-0.15, -0.1) is 0 Å². The number of sulfonamides is 1. The molecule has 202 valence electrons. The number of carbonyl (C=O) groups is 1. The summed E-state index contributed by atoms with van der Waals surface area (Å²) >= 11 is 0. The summed E-state index contributed by atoms with van der Waals surface area (Å²) in [6.45, 7) is 5.89. The second-order valence-electron chi connectivity index (χ2n) is 10.5. The molecule has 2 aromatic carbocycles. The van der Waals surface area contributed by atoms with Gasteiger partial charge in [-0.1, -0.05) is 74.5 Å². The van der Waals surface area contributed by atoms with Gasteiger partial charge in [0.05, 0.1) is 18.1 Å². The van der Waals surface area contributed by atoms with Crippen molar-refractivity contribution in [3.8, 4) is 11.1 Å². The minimum Gasteiger partial charge on any atom is -0.390 e. The van der Waals surface area contributed by atoms with E-state index in [4.69, 9.17) is 0 Å². The highest BCUT2D eigenvalue weighted by atomic mass is 32.2. The summed E-state index contributed by atoms with van der Waals surface area (Å²) in [5.41, 5.74) is 3.05. The minimum absolute atomic E-state index is 0.0446. The number of hydrogen-bond acceptors (Lipinski definition) is 5. The molecule has 1 aromatic heterocycles. The van der Waals surface area contributed by atoms with Crippen LogP contribution in [-0.2, 0) is 14.8 Å². The van der Waals surface area contributed by atoms with Gasteiger partial charge in [-0.05, 0) is 60.9 Å². The van der Waals surface area contributed by atoms with E-state index >= 15 is 0 Å². The largest absolute Gasteiger partial charge is 0.390 e. The summed E-state index contributed by atoms with van der Waals surface area (Å²) in [5.74, 6) is -0.259. The lowest BCUT2D eigenvalue weighted by Gasteiger charge is -2.28. The van der Waals surface area contributed by atoms with E-state index in [1.807, 2.05) is 55.5 Å². The fraction of sp³-hybridized carbons (Fsp3) is 0.400. The molecule has 4 unspecified atom stereocenters. The van der Waals surface area contributed by atoms with Crippen molar-refractivity contribution in [2.24, 2.45) is 5.92 Å². The quantitative estimate of drug-likeness (QED) is 0.439. The van der Waals surface area contributed by atoms with Gasteiger partial charge in [0.25, 0.3) is 10.0 Å². The van der Waals surface area contributed by atoms with Gasteiger partial charge in [-0.2, -0.15) is 4.31 Å². The van der Waals surface area contributed by atoms with E-state index in [-0.39, 0.29) is 35.4 Å². The number of amides is 1. The number of nitrogens with one attached hydrogen (secondary N) is 1. The number of benzene rings is 2. The highest BCUT2D eigenvalue weighted by molar-refractivity contribution is 7.89. The SMILES string of the molecule is CC(C)CC(C(=O)NC1CCC(C)N(S(=O)(=O)c2ccccn2)CC1O)c1cccc(-c2ccccc2)c1. The van der Waals surface area contributed by atoms with Crippen molar-refractivity contribution in [1.29, 1.82) is 0 Å². The Balaban J connectivity index is 1.53. The average molecular weight is 536 g/mol. The number of aliphatic hydroxyl groups is 1. The average Bonchev–Trinajstić information content (AvgIpc) is 3.06. The molecule has 1 aliphatic rings. The third-order valence-electron chi connectivity index (χ3n) is 7.18. The Morgan fingerprint density at radius 2 is 1.74 bits per heavy atom. The van der Waals surface area contributed by atoms with Gasteiger partial charge < -0.3 is 10.4 Å². The monoisotopic (exact) mass is 535 g/mol. The molecule has 2 N–H and O–H groups in total. The van der Waals surface area contributed by atoms with E-state index in [9.17, 15) is 18.3 Å². The number of pyridine rings is 1. The zero-order valence-electron chi connectivity index (χ0n) is 22.2. The van der Waals surface area contributed by atoms with Crippen molar-refractivity contribution < 1.29 is 18.3 Å². The van der Waals surface area contributed by atoms with Crippen molar-refractivity contribution in [3.63, 3.8) is 0 Å². The molecule has 3 aromatic rings. The fourth-order valence-electron chi connectivity index (χ4n) is 5.09. The predicted molar refractivity (Wildman–Crippen MR) is 149 cm³/mol. The highest BCUT2D eigenvalue weighted by Crippen LogP contribution is 2.30. The maximum absolute atomic E-state index is 13.7. The van der Waals surface area contributed by atoms with Gasteiger partial charge in [-0.3, -0.25) is 4.79 Å². The molecule has 38 heavy (non-hydrogen) atoms. The molecule has 0 radical (unpaired) electrons. The van der Waals surface area contributed by atoms with Gasteiger partial charge in [0.2, 0.25) is 5.91 Å². The molecule has 8 heteroatoms. The van der Waals surface area contributed by atoms with Crippen LogP contribution in [0.1, 0.15) is 51.5 Å². The fourth-order valence-corrected chi connectivity index (χ4v) is 6.70. The van der Waals surface area contributed by atoms with Crippen molar-refractivity contribution >= 4 is 15.9 Å². The molecule has 1 saturated heterocycles. The number of nitrogens with zero attached hydrogens (tertiary/aromatic N) is 2. The van der Waals surface area contributed by atoms with Crippen LogP contribution in [0.3, 0.4) is 0 Å². The minimum atomic E-state index is -3.88. The number of β-amino-alcohol motifs (C(OH)–C–C–N with tert-alkyl or cyclic N) is 1. The van der Waals surface area contributed by atoms with E-state index in [1.165, 1.54) is 16.6 Å². The maximum atomic E-state index is 13.7. The molecule has 1 amide bonds. The Bertz CT molecular complexity index is 1320. The van der Waals surface area contributed by atoms with Gasteiger partial charge >= 0.3 is 0 Å². The Morgan fingerprint density at radius 1 is 1.03 bits per heavy atom. The van der Waals surface area contributed by atoms with Crippen LogP contribution in [0.4, 0.5) is 0 Å². The number of hydrogen-bond donors (Lipinski definition) is 2. The normalized spacial score (nSPS) is 21.6. The summed E-state index contributed by atoms with van der Waals surface area (Å²) in [5, 5.41) is 14.1.